The van der Waals surface area contributed by atoms with Crippen molar-refractivity contribution in [2.45, 2.75) is 72.6 Å². The zero-order chi connectivity index (χ0) is 25.7. The Morgan fingerprint density at radius 1 is 0.882 bits per heavy atom. The van der Waals surface area contributed by atoms with E-state index < -0.39 is 29.2 Å². The fourth-order valence-electron chi connectivity index (χ4n) is 3.71. The van der Waals surface area contributed by atoms with Gasteiger partial charge in [-0.05, 0) is 72.1 Å². The molecular weight excluding hydrogens is 430 g/mol. The molecule has 0 bridgehead atoms. The van der Waals surface area contributed by atoms with Crippen molar-refractivity contribution < 1.29 is 19.1 Å². The molecule has 1 atom stereocenters. The second-order valence-corrected chi connectivity index (χ2v) is 10.4. The molecular formula is C27H37N3O4. The van der Waals surface area contributed by atoms with Crippen molar-refractivity contribution in [1.29, 1.82) is 0 Å². The predicted molar refractivity (Wildman–Crippen MR) is 135 cm³/mol. The number of alkyl carbamates (subject to hydrolysis) is 1. The molecule has 0 aliphatic rings. The Balaban J connectivity index is 2.41. The highest BCUT2D eigenvalue weighted by Gasteiger charge is 2.38. The summed E-state index contributed by atoms with van der Waals surface area (Å²) in [6.45, 7) is 14.4. The van der Waals surface area contributed by atoms with Gasteiger partial charge in [0.2, 0.25) is 5.91 Å². The Labute approximate surface area is 202 Å². The van der Waals surface area contributed by atoms with Crippen LogP contribution in [0.2, 0.25) is 0 Å². The molecule has 1 unspecified atom stereocenters. The van der Waals surface area contributed by atoms with Crippen LogP contribution in [0, 0.1) is 13.8 Å². The van der Waals surface area contributed by atoms with Gasteiger partial charge in [-0.1, -0.05) is 48.5 Å². The summed E-state index contributed by atoms with van der Waals surface area (Å²) in [6.07, 6.45) is -0.689. The molecule has 7 nitrogen and oxygen atoms in total. The van der Waals surface area contributed by atoms with E-state index in [1.165, 1.54) is 4.90 Å². The van der Waals surface area contributed by atoms with E-state index in [1.807, 2.05) is 83.1 Å². The first-order chi connectivity index (χ1) is 15.7. The lowest BCUT2D eigenvalue weighted by Crippen LogP contribution is -2.54. The first kappa shape index (κ1) is 26.9. The minimum absolute atomic E-state index is 0.299. The van der Waals surface area contributed by atoms with Crippen molar-refractivity contribution in [3.8, 4) is 0 Å². The van der Waals surface area contributed by atoms with Crippen LogP contribution >= 0.6 is 0 Å². The molecule has 2 N–H and O–H groups in total. The number of rotatable bonds is 6. The fourth-order valence-corrected chi connectivity index (χ4v) is 3.71. The monoisotopic (exact) mass is 467 g/mol. The number of benzene rings is 2. The zero-order valence-corrected chi connectivity index (χ0v) is 21.5. The molecule has 0 spiro atoms. The van der Waals surface area contributed by atoms with Gasteiger partial charge >= 0.3 is 6.09 Å². The lowest BCUT2D eigenvalue weighted by Gasteiger charge is -2.41. The second kappa shape index (κ2) is 10.7. The number of anilines is 1. The second-order valence-electron chi connectivity index (χ2n) is 10.4. The largest absolute Gasteiger partial charge is 0.444 e. The molecule has 0 heterocycles. The average molecular weight is 468 g/mol. The maximum Gasteiger partial charge on any atom is 0.408 e. The van der Waals surface area contributed by atoms with Crippen LogP contribution in [0.25, 0.3) is 0 Å². The van der Waals surface area contributed by atoms with Crippen LogP contribution in [0.15, 0.2) is 48.5 Å². The summed E-state index contributed by atoms with van der Waals surface area (Å²) in [5.41, 5.74) is 1.86. The maximum absolute atomic E-state index is 13.7. The third-order valence-electron chi connectivity index (χ3n) is 5.13. The van der Waals surface area contributed by atoms with Crippen molar-refractivity contribution in [3.63, 3.8) is 0 Å². The number of carbonyl (C=O) groups excluding carboxylic acids is 3. The van der Waals surface area contributed by atoms with Crippen molar-refractivity contribution in [2.24, 2.45) is 0 Å². The molecule has 0 saturated carbocycles. The van der Waals surface area contributed by atoms with Crippen molar-refractivity contribution in [2.75, 3.05) is 11.9 Å². The van der Waals surface area contributed by atoms with Crippen LogP contribution in [-0.2, 0) is 14.3 Å². The van der Waals surface area contributed by atoms with Gasteiger partial charge in [0, 0.05) is 11.2 Å². The summed E-state index contributed by atoms with van der Waals surface area (Å²) in [6, 6.07) is 14.0. The zero-order valence-electron chi connectivity index (χ0n) is 21.5. The van der Waals surface area contributed by atoms with Gasteiger partial charge in [0.15, 0.2) is 0 Å². The Kier molecular flexibility index (Phi) is 8.48. The number of hydrogen-bond donors (Lipinski definition) is 2. The summed E-state index contributed by atoms with van der Waals surface area (Å²) < 4.78 is 5.25. The first-order valence-electron chi connectivity index (χ1n) is 11.4. The van der Waals surface area contributed by atoms with E-state index in [9.17, 15) is 14.4 Å². The van der Waals surface area contributed by atoms with E-state index in [2.05, 4.69) is 10.6 Å². The summed E-state index contributed by atoms with van der Waals surface area (Å²) >= 11 is 0. The summed E-state index contributed by atoms with van der Waals surface area (Å²) in [7, 11) is 0. The normalized spacial score (nSPS) is 12.5. The standard InChI is InChI=1S/C27H37N3O4/c1-18-13-12-14-19(2)22(18)29-24(32)23(20-15-10-9-11-16-20)30(26(3,4)5)21(31)17-28-25(33)34-27(6,7)8/h9-16,23H,17H2,1-8H3,(H,28,33)(H,29,32). The number of nitrogens with one attached hydrogen (secondary N) is 2. The van der Waals surface area contributed by atoms with Crippen molar-refractivity contribution in [3.05, 3.63) is 65.2 Å². The highest BCUT2D eigenvalue weighted by Crippen LogP contribution is 2.31. The van der Waals surface area contributed by atoms with Gasteiger partial charge in [0.05, 0.1) is 0 Å². The van der Waals surface area contributed by atoms with E-state index in [-0.39, 0.29) is 12.5 Å². The highest BCUT2D eigenvalue weighted by molar-refractivity contribution is 5.99. The topological polar surface area (TPSA) is 87.7 Å². The molecule has 34 heavy (non-hydrogen) atoms. The quantitative estimate of drug-likeness (QED) is 0.616. The molecule has 0 aliphatic heterocycles. The smallest absolute Gasteiger partial charge is 0.408 e. The lowest BCUT2D eigenvalue weighted by molar-refractivity contribution is -0.144. The number of hydrogen-bond acceptors (Lipinski definition) is 4. The van der Waals surface area contributed by atoms with E-state index in [4.69, 9.17) is 4.74 Å². The summed E-state index contributed by atoms with van der Waals surface area (Å²) in [5, 5.41) is 5.56. The summed E-state index contributed by atoms with van der Waals surface area (Å²) in [4.78, 5) is 40.8. The summed E-state index contributed by atoms with van der Waals surface area (Å²) in [5.74, 6) is -0.729. The number of para-hydroxylation sites is 1. The number of aryl methyl sites for hydroxylation is 2. The van der Waals surface area contributed by atoms with E-state index in [1.54, 1.807) is 20.8 Å². The number of nitrogens with zero attached hydrogens (tertiary/aromatic N) is 1. The van der Waals surface area contributed by atoms with Crippen LogP contribution in [0.3, 0.4) is 0 Å². The average Bonchev–Trinajstić information content (AvgIpc) is 2.71. The van der Waals surface area contributed by atoms with E-state index in [0.717, 1.165) is 16.8 Å². The Hall–Kier alpha value is -3.35. The van der Waals surface area contributed by atoms with Gasteiger partial charge in [-0.2, -0.15) is 0 Å². The Bertz CT molecular complexity index is 1000. The molecule has 0 aliphatic carbocycles. The predicted octanol–water partition coefficient (Wildman–Crippen LogP) is 5.14. The number of carbonyl (C=O) groups is 3. The van der Waals surface area contributed by atoms with E-state index in [0.29, 0.717) is 5.56 Å². The van der Waals surface area contributed by atoms with Crippen molar-refractivity contribution in [1.82, 2.24) is 10.2 Å². The molecule has 0 saturated heterocycles. The fraction of sp³-hybridized carbons (Fsp3) is 0.444. The molecule has 0 aromatic heterocycles. The lowest BCUT2D eigenvalue weighted by atomic mass is 9.96. The minimum Gasteiger partial charge on any atom is -0.444 e. The molecule has 0 radical (unpaired) electrons. The van der Waals surface area contributed by atoms with Gasteiger partial charge in [-0.3, -0.25) is 9.59 Å². The van der Waals surface area contributed by atoms with Crippen LogP contribution in [0.1, 0.15) is 64.3 Å². The van der Waals surface area contributed by atoms with Crippen molar-refractivity contribution >= 4 is 23.6 Å². The Morgan fingerprint density at radius 2 is 1.44 bits per heavy atom. The first-order valence-corrected chi connectivity index (χ1v) is 11.4. The molecule has 3 amide bonds. The molecule has 2 aromatic rings. The van der Waals surface area contributed by atoms with E-state index >= 15 is 0 Å². The number of amides is 3. The third kappa shape index (κ3) is 7.33. The van der Waals surface area contributed by atoms with Gasteiger partial charge in [-0.25, -0.2) is 4.79 Å². The van der Waals surface area contributed by atoms with Gasteiger partial charge in [-0.15, -0.1) is 0 Å². The van der Waals surface area contributed by atoms with Crippen LogP contribution < -0.4 is 10.6 Å². The third-order valence-corrected chi connectivity index (χ3v) is 5.13. The van der Waals surface area contributed by atoms with Crippen LogP contribution in [0.5, 0.6) is 0 Å². The van der Waals surface area contributed by atoms with Crippen LogP contribution in [-0.4, -0.2) is 40.5 Å². The minimum atomic E-state index is -0.909. The number of ether oxygens (including phenoxy) is 1. The van der Waals surface area contributed by atoms with Gasteiger partial charge in [0.25, 0.3) is 5.91 Å². The highest BCUT2D eigenvalue weighted by atomic mass is 16.6. The molecule has 2 aromatic carbocycles. The SMILES string of the molecule is Cc1cccc(C)c1NC(=O)C(c1ccccc1)N(C(=O)CNC(=O)OC(C)(C)C)C(C)(C)C. The van der Waals surface area contributed by atoms with Crippen LogP contribution in [0.4, 0.5) is 10.5 Å². The van der Waals surface area contributed by atoms with Gasteiger partial charge in [0.1, 0.15) is 18.2 Å². The van der Waals surface area contributed by atoms with Gasteiger partial charge < -0.3 is 20.3 Å². The molecule has 2 rings (SSSR count). The molecule has 0 fully saturated rings. The Morgan fingerprint density at radius 3 is 1.94 bits per heavy atom. The molecule has 7 heteroatoms. The maximum atomic E-state index is 13.7. The molecule has 184 valence electrons.